The van der Waals surface area contributed by atoms with Crippen molar-refractivity contribution in [2.24, 2.45) is 5.73 Å². The Morgan fingerprint density at radius 1 is 1.10 bits per heavy atom. The fourth-order valence-electron chi connectivity index (χ4n) is 2.42. The summed E-state index contributed by atoms with van der Waals surface area (Å²) in [5.74, 6) is -0.500. The van der Waals surface area contributed by atoms with Crippen LogP contribution in [0.5, 0.6) is 5.75 Å². The molecule has 152 valence electrons. The molecule has 30 heavy (non-hydrogen) atoms. The average Bonchev–Trinajstić information content (AvgIpc) is 2.72. The summed E-state index contributed by atoms with van der Waals surface area (Å²) >= 11 is 0. The zero-order valence-corrected chi connectivity index (χ0v) is 16.3. The first-order valence-corrected chi connectivity index (χ1v) is 8.92. The van der Waals surface area contributed by atoms with Gasteiger partial charge in [-0.2, -0.15) is 10.2 Å². The number of amides is 1. The predicted molar refractivity (Wildman–Crippen MR) is 110 cm³/mol. The van der Waals surface area contributed by atoms with Crippen LogP contribution in [0.3, 0.4) is 0 Å². The van der Waals surface area contributed by atoms with Crippen LogP contribution in [0.4, 0.5) is 27.5 Å². The van der Waals surface area contributed by atoms with Gasteiger partial charge >= 0.3 is 0 Å². The second-order valence-corrected chi connectivity index (χ2v) is 6.83. The van der Waals surface area contributed by atoms with Gasteiger partial charge in [0.1, 0.15) is 11.8 Å². The molecule has 9 heteroatoms. The number of nitrogens with zero attached hydrogens (tertiary/aromatic N) is 3. The molecule has 0 aliphatic rings. The molecule has 1 heterocycles. The Labute approximate surface area is 172 Å². The maximum absolute atomic E-state index is 14.2. The smallest absolute Gasteiger partial charge is 0.248 e. The number of nitrogens with one attached hydrogen (secondary N) is 2. The van der Waals surface area contributed by atoms with Crippen LogP contribution in [-0.4, -0.2) is 21.5 Å². The van der Waals surface area contributed by atoms with Gasteiger partial charge in [-0.05, 0) is 62.4 Å². The molecule has 0 atom stereocenters. The van der Waals surface area contributed by atoms with Crippen molar-refractivity contribution >= 4 is 29.0 Å². The third-order valence-electron chi connectivity index (χ3n) is 3.93. The first-order valence-electron chi connectivity index (χ1n) is 8.92. The third kappa shape index (κ3) is 5.20. The van der Waals surface area contributed by atoms with Crippen molar-refractivity contribution in [2.45, 2.75) is 19.4 Å². The summed E-state index contributed by atoms with van der Waals surface area (Å²) in [4.78, 5) is 19.2. The SMILES string of the molecule is CC(C)(C#N)Oc1ccc(Nc2nc(Nc3ccc(C(N)=O)cc3)ncc2F)cc1. The van der Waals surface area contributed by atoms with E-state index >= 15 is 0 Å². The van der Waals surface area contributed by atoms with Gasteiger partial charge < -0.3 is 21.1 Å². The number of hydrogen-bond donors (Lipinski definition) is 3. The molecule has 0 unspecified atom stereocenters. The number of rotatable bonds is 7. The summed E-state index contributed by atoms with van der Waals surface area (Å²) < 4.78 is 19.7. The lowest BCUT2D eigenvalue weighted by atomic mass is 10.2. The molecular weight excluding hydrogens is 387 g/mol. The normalized spacial score (nSPS) is 10.7. The highest BCUT2D eigenvalue weighted by molar-refractivity contribution is 5.93. The number of nitrogens with two attached hydrogens (primary N) is 1. The molecule has 0 spiro atoms. The zero-order valence-electron chi connectivity index (χ0n) is 16.3. The average molecular weight is 406 g/mol. The van der Waals surface area contributed by atoms with Crippen molar-refractivity contribution in [1.29, 1.82) is 5.26 Å². The van der Waals surface area contributed by atoms with Crippen molar-refractivity contribution < 1.29 is 13.9 Å². The zero-order chi connectivity index (χ0) is 21.7. The molecule has 1 amide bonds. The topological polar surface area (TPSA) is 126 Å². The van der Waals surface area contributed by atoms with E-state index in [2.05, 4.69) is 26.7 Å². The van der Waals surface area contributed by atoms with Crippen molar-refractivity contribution in [2.75, 3.05) is 10.6 Å². The standard InChI is InChI=1S/C21H19FN6O2/c1-21(2,12-23)30-16-9-7-14(8-10-16)26-19-17(22)11-25-20(28-19)27-15-5-3-13(4-6-15)18(24)29/h3-11H,1-2H3,(H2,24,29)(H2,25,26,27,28). The summed E-state index contributed by atoms with van der Waals surface area (Å²) in [6.07, 6.45) is 1.04. The van der Waals surface area contributed by atoms with Gasteiger partial charge in [-0.15, -0.1) is 0 Å². The fourth-order valence-corrected chi connectivity index (χ4v) is 2.42. The number of anilines is 4. The Morgan fingerprint density at radius 3 is 2.30 bits per heavy atom. The number of nitriles is 1. The van der Waals surface area contributed by atoms with Crippen molar-refractivity contribution in [1.82, 2.24) is 9.97 Å². The van der Waals surface area contributed by atoms with Crippen LogP contribution in [0.25, 0.3) is 0 Å². The minimum atomic E-state index is -0.954. The Morgan fingerprint density at radius 2 is 1.70 bits per heavy atom. The van der Waals surface area contributed by atoms with Gasteiger partial charge in [0.15, 0.2) is 17.2 Å². The van der Waals surface area contributed by atoms with E-state index in [1.54, 1.807) is 62.4 Å². The lowest BCUT2D eigenvalue weighted by molar-refractivity contribution is 0.100. The van der Waals surface area contributed by atoms with Gasteiger partial charge in [-0.3, -0.25) is 4.79 Å². The van der Waals surface area contributed by atoms with Gasteiger partial charge in [0.25, 0.3) is 0 Å². The first-order chi connectivity index (χ1) is 14.3. The highest BCUT2D eigenvalue weighted by Crippen LogP contribution is 2.24. The van der Waals surface area contributed by atoms with Crippen LogP contribution in [0.15, 0.2) is 54.7 Å². The van der Waals surface area contributed by atoms with Gasteiger partial charge in [-0.1, -0.05) is 0 Å². The van der Waals surface area contributed by atoms with Crippen LogP contribution in [-0.2, 0) is 0 Å². The van der Waals surface area contributed by atoms with Crippen molar-refractivity contribution in [3.05, 3.63) is 66.1 Å². The third-order valence-corrected chi connectivity index (χ3v) is 3.93. The molecule has 3 aromatic rings. The van der Waals surface area contributed by atoms with Crippen molar-refractivity contribution in [3.63, 3.8) is 0 Å². The molecule has 0 aliphatic carbocycles. The second-order valence-electron chi connectivity index (χ2n) is 6.83. The number of ether oxygens (including phenoxy) is 1. The molecule has 0 radical (unpaired) electrons. The molecule has 3 rings (SSSR count). The van der Waals surface area contributed by atoms with Crippen LogP contribution >= 0.6 is 0 Å². The van der Waals surface area contributed by atoms with E-state index in [0.29, 0.717) is 22.7 Å². The number of hydrogen-bond acceptors (Lipinski definition) is 7. The van der Waals surface area contributed by atoms with E-state index in [1.807, 2.05) is 0 Å². The van der Waals surface area contributed by atoms with Crippen LogP contribution in [0.2, 0.25) is 0 Å². The molecule has 1 aromatic heterocycles. The molecule has 0 bridgehead atoms. The molecule has 4 N–H and O–H groups in total. The molecule has 0 fully saturated rings. The van der Waals surface area contributed by atoms with Crippen molar-refractivity contribution in [3.8, 4) is 11.8 Å². The van der Waals surface area contributed by atoms with Crippen LogP contribution < -0.4 is 21.1 Å². The summed E-state index contributed by atoms with van der Waals surface area (Å²) in [5, 5.41) is 14.8. The van der Waals surface area contributed by atoms with Crippen LogP contribution in [0, 0.1) is 17.1 Å². The second kappa shape index (κ2) is 8.45. The largest absolute Gasteiger partial charge is 0.473 e. The first kappa shape index (κ1) is 20.5. The molecule has 8 nitrogen and oxygen atoms in total. The minimum absolute atomic E-state index is 0.0210. The monoisotopic (exact) mass is 406 g/mol. The number of carbonyl (C=O) groups excluding carboxylic acids is 1. The maximum atomic E-state index is 14.2. The number of primary amides is 1. The molecule has 0 saturated heterocycles. The summed E-state index contributed by atoms with van der Waals surface area (Å²) in [6, 6.07) is 15.1. The predicted octanol–water partition coefficient (Wildman–Crippen LogP) is 3.88. The highest BCUT2D eigenvalue weighted by atomic mass is 19.1. The fraction of sp³-hybridized carbons (Fsp3) is 0.143. The molecule has 0 saturated carbocycles. The summed E-state index contributed by atoms with van der Waals surface area (Å²) in [6.45, 7) is 3.32. The number of halogens is 1. The van der Waals surface area contributed by atoms with E-state index in [0.717, 1.165) is 6.20 Å². The molecule has 2 aromatic carbocycles. The Kier molecular flexibility index (Phi) is 5.78. The summed E-state index contributed by atoms with van der Waals surface area (Å²) in [7, 11) is 0. The van der Waals surface area contributed by atoms with Gasteiger partial charge in [0.2, 0.25) is 11.9 Å². The maximum Gasteiger partial charge on any atom is 0.248 e. The number of aromatic nitrogens is 2. The lowest BCUT2D eigenvalue weighted by Gasteiger charge is -2.18. The molecule has 0 aliphatic heterocycles. The van der Waals surface area contributed by atoms with Gasteiger partial charge in [-0.25, -0.2) is 9.37 Å². The van der Waals surface area contributed by atoms with Gasteiger partial charge in [0.05, 0.1) is 6.20 Å². The lowest BCUT2D eigenvalue weighted by Crippen LogP contribution is -2.25. The number of benzene rings is 2. The van der Waals surface area contributed by atoms with E-state index < -0.39 is 17.3 Å². The van der Waals surface area contributed by atoms with E-state index in [9.17, 15) is 9.18 Å². The van der Waals surface area contributed by atoms with E-state index in [4.69, 9.17) is 15.7 Å². The van der Waals surface area contributed by atoms with E-state index in [-0.39, 0.29) is 11.8 Å². The Balaban J connectivity index is 1.72. The highest BCUT2D eigenvalue weighted by Gasteiger charge is 2.18. The quantitative estimate of drug-likeness (QED) is 0.543. The van der Waals surface area contributed by atoms with Crippen LogP contribution in [0.1, 0.15) is 24.2 Å². The van der Waals surface area contributed by atoms with Gasteiger partial charge in [0, 0.05) is 16.9 Å². The summed E-state index contributed by atoms with van der Waals surface area (Å²) in [5.41, 5.74) is 5.82. The molecular formula is C21H19FN6O2. The van der Waals surface area contributed by atoms with E-state index in [1.165, 1.54) is 0 Å². The Bertz CT molecular complexity index is 1090. The minimum Gasteiger partial charge on any atom is -0.473 e. The number of carbonyl (C=O) groups is 1. The Hall–Kier alpha value is -4.19.